The molecule has 9 heteroatoms. The van der Waals surface area contributed by atoms with E-state index in [1.54, 1.807) is 18.2 Å². The second kappa shape index (κ2) is 7.54. The number of nitrogens with one attached hydrogen (secondary N) is 1. The van der Waals surface area contributed by atoms with E-state index < -0.39 is 23.0 Å². The summed E-state index contributed by atoms with van der Waals surface area (Å²) in [5, 5.41) is 38.2. The minimum absolute atomic E-state index is 0.0227. The average Bonchev–Trinajstić information content (AvgIpc) is 3.58. The summed E-state index contributed by atoms with van der Waals surface area (Å²) in [6, 6.07) is 8.01. The summed E-state index contributed by atoms with van der Waals surface area (Å²) in [6.45, 7) is 1.67. The summed E-state index contributed by atoms with van der Waals surface area (Å²) in [5.41, 5.74) is -0.0743. The van der Waals surface area contributed by atoms with Crippen molar-refractivity contribution < 1.29 is 24.9 Å². The summed E-state index contributed by atoms with van der Waals surface area (Å²) in [6.07, 6.45) is 2.54. The molecule has 0 unspecified atom stereocenters. The SMILES string of the molecule is O=C(Nc1ccc(Cl)cc1Cl)C1=C(O)[C@@H]2Oc3c(O)ccc4c3[C@@]23CCN(CC2CC2)[C@H](C4)[C@]3(O)C1. The van der Waals surface area contributed by atoms with E-state index in [1.807, 2.05) is 6.07 Å². The van der Waals surface area contributed by atoms with E-state index in [0.717, 1.165) is 24.2 Å². The first-order valence-corrected chi connectivity index (χ1v) is 13.2. The highest BCUT2D eigenvalue weighted by Gasteiger charge is 2.73. The first kappa shape index (κ1) is 22.7. The van der Waals surface area contributed by atoms with Crippen LogP contribution < -0.4 is 10.1 Å². The smallest absolute Gasteiger partial charge is 0.255 e. The minimum atomic E-state index is -1.36. The fourth-order valence-electron chi connectivity index (χ4n) is 7.16. The molecular formula is C27H26Cl2N2O5. The second-order valence-electron chi connectivity index (χ2n) is 10.9. The average molecular weight is 529 g/mol. The van der Waals surface area contributed by atoms with Gasteiger partial charge in [-0.2, -0.15) is 0 Å². The van der Waals surface area contributed by atoms with Gasteiger partial charge in [0.1, 0.15) is 5.76 Å². The van der Waals surface area contributed by atoms with Crippen LogP contribution in [-0.2, 0) is 16.6 Å². The highest BCUT2D eigenvalue weighted by Crippen LogP contribution is 2.66. The third kappa shape index (κ3) is 2.91. The van der Waals surface area contributed by atoms with Gasteiger partial charge in [0.05, 0.1) is 27.3 Å². The van der Waals surface area contributed by atoms with E-state index in [-0.39, 0.29) is 34.6 Å². The standard InChI is InChI=1S/C27H26Cl2N2O5/c28-15-4-5-18(17(29)10-15)30-25(34)16-11-27(35)20-9-14-3-6-19(32)23-21(14)26(27,24(36-23)22(16)33)7-8-31(20)12-13-1-2-13/h3-6,10,13,20,24,32-33,35H,1-2,7-9,11-12H2,(H,30,34)/t20-,24+,26+,27-/m1/s1. The molecule has 188 valence electrons. The maximum absolute atomic E-state index is 13.5. The van der Waals surface area contributed by atoms with Crippen LogP contribution in [0.5, 0.6) is 11.5 Å². The number of aromatic hydroxyl groups is 1. The molecule has 36 heavy (non-hydrogen) atoms. The molecule has 7 nitrogen and oxygen atoms in total. The van der Waals surface area contributed by atoms with Crippen molar-refractivity contribution in [3.05, 3.63) is 62.8 Å². The number of phenols is 1. The second-order valence-corrected chi connectivity index (χ2v) is 11.7. The van der Waals surface area contributed by atoms with Gasteiger partial charge in [-0.25, -0.2) is 0 Å². The molecule has 0 aromatic heterocycles. The molecular weight excluding hydrogens is 503 g/mol. The number of ether oxygens (including phenoxy) is 1. The molecule has 4 atom stereocenters. The summed E-state index contributed by atoms with van der Waals surface area (Å²) in [5.74, 6) is 0.156. The number of likely N-dealkylation sites (tertiary alicyclic amines) is 1. The van der Waals surface area contributed by atoms with Gasteiger partial charge in [-0.05, 0) is 68.0 Å². The van der Waals surface area contributed by atoms with Gasteiger partial charge < -0.3 is 25.4 Å². The molecule has 1 saturated carbocycles. The van der Waals surface area contributed by atoms with Gasteiger partial charge in [0.2, 0.25) is 0 Å². The fraction of sp³-hybridized carbons (Fsp3) is 0.444. The lowest BCUT2D eigenvalue weighted by atomic mass is 9.49. The lowest BCUT2D eigenvalue weighted by Crippen LogP contribution is -2.75. The van der Waals surface area contributed by atoms with Crippen LogP contribution in [0.3, 0.4) is 0 Å². The topological polar surface area (TPSA) is 102 Å². The highest BCUT2D eigenvalue weighted by atomic mass is 35.5. The molecule has 0 radical (unpaired) electrons. The molecule has 1 saturated heterocycles. The molecule has 2 aromatic carbocycles. The van der Waals surface area contributed by atoms with E-state index in [2.05, 4.69) is 10.2 Å². The van der Waals surface area contributed by atoms with Crippen molar-refractivity contribution in [2.75, 3.05) is 18.4 Å². The molecule has 1 spiro atoms. The third-order valence-corrected chi connectivity index (χ3v) is 9.52. The number of rotatable bonds is 4. The molecule has 3 aliphatic carbocycles. The number of benzene rings is 2. The van der Waals surface area contributed by atoms with Crippen LogP contribution in [0.25, 0.3) is 0 Å². The van der Waals surface area contributed by atoms with Crippen molar-refractivity contribution in [3.63, 3.8) is 0 Å². The van der Waals surface area contributed by atoms with Crippen LogP contribution >= 0.6 is 23.2 Å². The maximum atomic E-state index is 13.5. The fourth-order valence-corrected chi connectivity index (χ4v) is 7.61. The van der Waals surface area contributed by atoms with Gasteiger partial charge in [-0.3, -0.25) is 9.69 Å². The Morgan fingerprint density at radius 2 is 2.00 bits per heavy atom. The Labute approximate surface area is 218 Å². The number of carbonyl (C=O) groups is 1. The van der Waals surface area contributed by atoms with Gasteiger partial charge in [-0.15, -0.1) is 0 Å². The van der Waals surface area contributed by atoms with Gasteiger partial charge in [0.15, 0.2) is 17.6 Å². The molecule has 7 rings (SSSR count). The molecule has 2 fully saturated rings. The van der Waals surface area contributed by atoms with Crippen LogP contribution in [0, 0.1) is 5.92 Å². The number of nitrogens with zero attached hydrogens (tertiary/aromatic N) is 1. The molecule has 5 aliphatic rings. The number of piperidine rings is 1. The van der Waals surface area contributed by atoms with E-state index in [4.69, 9.17) is 27.9 Å². The third-order valence-electron chi connectivity index (χ3n) is 8.97. The predicted octanol–water partition coefficient (Wildman–Crippen LogP) is 4.32. The van der Waals surface area contributed by atoms with Crippen molar-refractivity contribution in [3.8, 4) is 11.5 Å². The maximum Gasteiger partial charge on any atom is 0.255 e. The summed E-state index contributed by atoms with van der Waals surface area (Å²) in [7, 11) is 0. The summed E-state index contributed by atoms with van der Waals surface area (Å²) < 4.78 is 6.23. The highest BCUT2D eigenvalue weighted by molar-refractivity contribution is 6.36. The number of phenolic OH excluding ortho intramolecular Hbond substituents is 1. The van der Waals surface area contributed by atoms with Crippen molar-refractivity contribution in [2.45, 2.75) is 55.3 Å². The number of aliphatic hydroxyl groups excluding tert-OH is 1. The number of amides is 1. The number of anilines is 1. The zero-order valence-electron chi connectivity index (χ0n) is 19.4. The lowest BCUT2D eigenvalue weighted by Gasteiger charge is -2.62. The van der Waals surface area contributed by atoms with Crippen molar-refractivity contribution in [1.29, 1.82) is 0 Å². The van der Waals surface area contributed by atoms with Crippen molar-refractivity contribution in [1.82, 2.24) is 4.90 Å². The zero-order valence-corrected chi connectivity index (χ0v) is 20.9. The molecule has 2 aliphatic heterocycles. The van der Waals surface area contributed by atoms with Crippen LogP contribution in [0.4, 0.5) is 5.69 Å². The van der Waals surface area contributed by atoms with Crippen LogP contribution in [0.2, 0.25) is 10.0 Å². The molecule has 2 bridgehead atoms. The largest absolute Gasteiger partial charge is 0.508 e. The Kier molecular flexibility index (Phi) is 4.76. The summed E-state index contributed by atoms with van der Waals surface area (Å²) in [4.78, 5) is 15.9. The van der Waals surface area contributed by atoms with E-state index in [0.29, 0.717) is 35.2 Å². The molecule has 4 N–H and O–H groups in total. The minimum Gasteiger partial charge on any atom is -0.508 e. The quantitative estimate of drug-likeness (QED) is 0.471. The monoisotopic (exact) mass is 528 g/mol. The van der Waals surface area contributed by atoms with E-state index in [1.165, 1.54) is 18.9 Å². The molecule has 2 heterocycles. The van der Waals surface area contributed by atoms with Gasteiger partial charge in [-0.1, -0.05) is 29.3 Å². The number of aliphatic hydroxyl groups is 2. The lowest BCUT2D eigenvalue weighted by molar-refractivity contribution is -0.172. The van der Waals surface area contributed by atoms with Crippen molar-refractivity contribution in [2.24, 2.45) is 5.92 Å². The number of hydrogen-bond donors (Lipinski definition) is 4. The van der Waals surface area contributed by atoms with E-state index in [9.17, 15) is 20.1 Å². The van der Waals surface area contributed by atoms with Crippen LogP contribution in [0.15, 0.2) is 41.7 Å². The van der Waals surface area contributed by atoms with Gasteiger partial charge >= 0.3 is 0 Å². The number of carbonyl (C=O) groups excluding carboxylic acids is 1. The normalized spacial score (nSPS) is 32.2. The number of halogens is 2. The molecule has 2 aromatic rings. The van der Waals surface area contributed by atoms with E-state index >= 15 is 0 Å². The Balaban J connectivity index is 1.35. The Morgan fingerprint density at radius 1 is 1.19 bits per heavy atom. The zero-order chi connectivity index (χ0) is 25.0. The Bertz CT molecular complexity index is 1360. The Hall–Kier alpha value is -2.45. The van der Waals surface area contributed by atoms with Gasteiger partial charge in [0.25, 0.3) is 5.91 Å². The molecule has 1 amide bonds. The summed E-state index contributed by atoms with van der Waals surface area (Å²) >= 11 is 12.3. The van der Waals surface area contributed by atoms with Crippen LogP contribution in [-0.4, -0.2) is 57.0 Å². The van der Waals surface area contributed by atoms with Gasteiger partial charge in [0, 0.05) is 29.6 Å². The number of hydrogen-bond acceptors (Lipinski definition) is 6. The predicted molar refractivity (Wildman–Crippen MR) is 135 cm³/mol. The first-order chi connectivity index (χ1) is 17.2. The van der Waals surface area contributed by atoms with Crippen molar-refractivity contribution >= 4 is 34.8 Å². The first-order valence-electron chi connectivity index (χ1n) is 12.4. The Morgan fingerprint density at radius 3 is 2.75 bits per heavy atom. The van der Waals surface area contributed by atoms with Crippen LogP contribution in [0.1, 0.15) is 36.8 Å².